The zero-order chi connectivity index (χ0) is 17.8. The number of carbonyl (C=O) groups excluding carboxylic acids is 1. The van der Waals surface area contributed by atoms with Crippen LogP contribution in [0.5, 0.6) is 0 Å². The molecule has 2 fully saturated rings. The van der Waals surface area contributed by atoms with Crippen molar-refractivity contribution in [3.8, 4) is 0 Å². The van der Waals surface area contributed by atoms with Gasteiger partial charge in [-0.2, -0.15) is 0 Å². The molecule has 0 unspecified atom stereocenters. The molecule has 140 valence electrons. The molecule has 2 saturated heterocycles. The number of ether oxygens (including phenoxy) is 1. The number of carbonyl (C=O) groups is 1. The van der Waals surface area contributed by atoms with Gasteiger partial charge in [-0.1, -0.05) is 0 Å². The molecule has 2 aliphatic rings. The van der Waals surface area contributed by atoms with Crippen LogP contribution in [0, 0.1) is 11.8 Å². The Kier molecular flexibility index (Phi) is 5.54. The first kappa shape index (κ1) is 17.5. The van der Waals surface area contributed by atoms with E-state index in [9.17, 15) is 4.79 Å². The fourth-order valence-corrected chi connectivity index (χ4v) is 4.41. The number of amides is 1. The highest BCUT2D eigenvalue weighted by Gasteiger charge is 2.24. The maximum Gasteiger partial charge on any atom is 0.222 e. The molecule has 0 saturated carbocycles. The van der Waals surface area contributed by atoms with Crippen molar-refractivity contribution in [1.29, 1.82) is 0 Å². The third kappa shape index (κ3) is 4.09. The highest BCUT2D eigenvalue weighted by atomic mass is 16.5. The van der Waals surface area contributed by atoms with E-state index < -0.39 is 0 Å². The zero-order valence-electron chi connectivity index (χ0n) is 15.5. The first-order valence-electron chi connectivity index (χ1n) is 10.1. The molecule has 0 spiro atoms. The van der Waals surface area contributed by atoms with Crippen LogP contribution in [0.25, 0.3) is 5.52 Å². The highest BCUT2D eigenvalue weighted by Crippen LogP contribution is 2.25. The Morgan fingerprint density at radius 1 is 1.12 bits per heavy atom. The maximum atomic E-state index is 12.7. The Labute approximate surface area is 155 Å². The summed E-state index contributed by atoms with van der Waals surface area (Å²) in [5, 5.41) is 0. The van der Waals surface area contributed by atoms with Gasteiger partial charge in [0.15, 0.2) is 0 Å². The normalized spacial score (nSPS) is 22.5. The molecule has 26 heavy (non-hydrogen) atoms. The minimum Gasteiger partial charge on any atom is -0.381 e. The van der Waals surface area contributed by atoms with Crippen LogP contribution in [0.3, 0.4) is 0 Å². The molecule has 1 amide bonds. The van der Waals surface area contributed by atoms with Crippen LogP contribution < -0.4 is 0 Å². The molecule has 0 radical (unpaired) electrons. The van der Waals surface area contributed by atoms with Gasteiger partial charge in [0.05, 0.1) is 11.2 Å². The SMILES string of the molecule is O=C(CC1CCOCC1)N1CCC[C@@H](Cc2nccn3cccc23)CC1. The summed E-state index contributed by atoms with van der Waals surface area (Å²) in [5.74, 6) is 1.49. The van der Waals surface area contributed by atoms with E-state index in [-0.39, 0.29) is 0 Å². The fourth-order valence-electron chi connectivity index (χ4n) is 4.41. The maximum absolute atomic E-state index is 12.7. The number of fused-ring (bicyclic) bond motifs is 1. The molecule has 0 N–H and O–H groups in total. The molecule has 0 bridgehead atoms. The summed E-state index contributed by atoms with van der Waals surface area (Å²) in [6, 6.07) is 4.22. The molecular weight excluding hydrogens is 326 g/mol. The molecule has 2 aromatic heterocycles. The molecule has 2 aromatic rings. The standard InChI is InChI=1S/C21H29N3O2/c25-21(16-18-6-13-26-14-7-18)24-10-1-3-17(5-11-24)15-19-20-4-2-9-23(20)12-8-22-19/h2,4,8-9,12,17-18H,1,3,5-7,10-11,13-16H2/t17-/m1/s1. The van der Waals surface area contributed by atoms with Crippen LogP contribution in [-0.2, 0) is 16.0 Å². The van der Waals surface area contributed by atoms with Gasteiger partial charge in [0, 0.05) is 51.3 Å². The van der Waals surface area contributed by atoms with Crippen molar-refractivity contribution in [1.82, 2.24) is 14.3 Å². The van der Waals surface area contributed by atoms with Crippen molar-refractivity contribution in [3.63, 3.8) is 0 Å². The van der Waals surface area contributed by atoms with Crippen LogP contribution in [0.15, 0.2) is 30.7 Å². The van der Waals surface area contributed by atoms with Crippen LogP contribution in [0.1, 0.15) is 44.2 Å². The molecule has 5 nitrogen and oxygen atoms in total. The van der Waals surface area contributed by atoms with Crippen LogP contribution in [0.4, 0.5) is 0 Å². The molecule has 0 aliphatic carbocycles. The number of likely N-dealkylation sites (tertiary alicyclic amines) is 1. The smallest absolute Gasteiger partial charge is 0.222 e. The van der Waals surface area contributed by atoms with Gasteiger partial charge in [-0.3, -0.25) is 9.78 Å². The van der Waals surface area contributed by atoms with Gasteiger partial charge in [0.25, 0.3) is 0 Å². The predicted molar refractivity (Wildman–Crippen MR) is 101 cm³/mol. The van der Waals surface area contributed by atoms with Crippen LogP contribution in [0.2, 0.25) is 0 Å². The van der Waals surface area contributed by atoms with Gasteiger partial charge < -0.3 is 14.0 Å². The number of aromatic nitrogens is 2. The summed E-state index contributed by atoms with van der Waals surface area (Å²) in [6.07, 6.45) is 13.1. The van der Waals surface area contributed by atoms with Gasteiger partial charge >= 0.3 is 0 Å². The Hall–Kier alpha value is -1.88. The molecule has 4 rings (SSSR count). The van der Waals surface area contributed by atoms with Gasteiger partial charge in [0.1, 0.15) is 0 Å². The van der Waals surface area contributed by atoms with E-state index in [4.69, 9.17) is 4.74 Å². The molecule has 4 heterocycles. The van der Waals surface area contributed by atoms with E-state index in [1.165, 1.54) is 17.6 Å². The second-order valence-electron chi connectivity index (χ2n) is 7.82. The second kappa shape index (κ2) is 8.21. The second-order valence-corrected chi connectivity index (χ2v) is 7.82. The Balaban J connectivity index is 1.33. The molecule has 1 atom stereocenters. The zero-order valence-corrected chi connectivity index (χ0v) is 15.5. The minimum atomic E-state index is 0.351. The van der Waals surface area contributed by atoms with E-state index in [2.05, 4.69) is 32.6 Å². The van der Waals surface area contributed by atoms with E-state index in [0.717, 1.165) is 58.4 Å². The number of hydrogen-bond acceptors (Lipinski definition) is 3. The third-order valence-corrected chi connectivity index (χ3v) is 6.02. The monoisotopic (exact) mass is 355 g/mol. The largest absolute Gasteiger partial charge is 0.381 e. The average Bonchev–Trinajstić information content (AvgIpc) is 3.03. The minimum absolute atomic E-state index is 0.351. The Bertz CT molecular complexity index is 736. The van der Waals surface area contributed by atoms with Crippen molar-refractivity contribution in [2.75, 3.05) is 26.3 Å². The van der Waals surface area contributed by atoms with Gasteiger partial charge in [-0.05, 0) is 62.5 Å². The van der Waals surface area contributed by atoms with E-state index in [1.54, 1.807) is 0 Å². The molecule has 2 aliphatic heterocycles. The van der Waals surface area contributed by atoms with Gasteiger partial charge in [-0.25, -0.2) is 0 Å². The van der Waals surface area contributed by atoms with Crippen molar-refractivity contribution in [2.45, 2.75) is 44.9 Å². The van der Waals surface area contributed by atoms with Crippen molar-refractivity contribution in [3.05, 3.63) is 36.4 Å². The number of nitrogens with zero attached hydrogens (tertiary/aromatic N) is 3. The summed E-state index contributed by atoms with van der Waals surface area (Å²) in [7, 11) is 0. The molecule has 5 heteroatoms. The van der Waals surface area contributed by atoms with E-state index >= 15 is 0 Å². The van der Waals surface area contributed by atoms with Crippen molar-refractivity contribution in [2.24, 2.45) is 11.8 Å². The Morgan fingerprint density at radius 3 is 2.88 bits per heavy atom. The lowest BCUT2D eigenvalue weighted by molar-refractivity contribution is -0.132. The van der Waals surface area contributed by atoms with Gasteiger partial charge in [0.2, 0.25) is 5.91 Å². The topological polar surface area (TPSA) is 46.8 Å². The van der Waals surface area contributed by atoms with E-state index in [1.807, 2.05) is 12.4 Å². The van der Waals surface area contributed by atoms with Crippen molar-refractivity contribution < 1.29 is 9.53 Å². The lowest BCUT2D eigenvalue weighted by Crippen LogP contribution is -2.34. The lowest BCUT2D eigenvalue weighted by atomic mass is 9.94. The first-order valence-corrected chi connectivity index (χ1v) is 10.1. The predicted octanol–water partition coefficient (Wildman–Crippen LogP) is 3.32. The summed E-state index contributed by atoms with van der Waals surface area (Å²) in [6.45, 7) is 3.45. The summed E-state index contributed by atoms with van der Waals surface area (Å²) in [5.41, 5.74) is 2.40. The van der Waals surface area contributed by atoms with E-state index in [0.29, 0.717) is 24.2 Å². The quantitative estimate of drug-likeness (QED) is 0.845. The summed E-state index contributed by atoms with van der Waals surface area (Å²) >= 11 is 0. The first-order chi connectivity index (χ1) is 12.8. The van der Waals surface area contributed by atoms with Crippen molar-refractivity contribution >= 4 is 11.4 Å². The number of rotatable bonds is 4. The average molecular weight is 355 g/mol. The third-order valence-electron chi connectivity index (χ3n) is 6.02. The highest BCUT2D eigenvalue weighted by molar-refractivity contribution is 5.76. The fraction of sp³-hybridized carbons (Fsp3) is 0.619. The van der Waals surface area contributed by atoms with Gasteiger partial charge in [-0.15, -0.1) is 0 Å². The van der Waals surface area contributed by atoms with Crippen LogP contribution in [-0.4, -0.2) is 46.5 Å². The van der Waals surface area contributed by atoms with Crippen LogP contribution >= 0.6 is 0 Å². The summed E-state index contributed by atoms with van der Waals surface area (Å²) in [4.78, 5) is 19.4. The molecular formula is C21H29N3O2. The number of hydrogen-bond donors (Lipinski definition) is 0. The summed E-state index contributed by atoms with van der Waals surface area (Å²) < 4.78 is 7.55. The lowest BCUT2D eigenvalue weighted by Gasteiger charge is -2.26. The molecule has 0 aromatic carbocycles. The Morgan fingerprint density at radius 2 is 2.00 bits per heavy atom.